The summed E-state index contributed by atoms with van der Waals surface area (Å²) in [4.78, 5) is 0. The normalized spacial score (nSPS) is 25.3. The van der Waals surface area contributed by atoms with Gasteiger partial charge in [-0.15, -0.1) is 0 Å². The van der Waals surface area contributed by atoms with Gasteiger partial charge in [0, 0.05) is 6.04 Å². The second-order valence-corrected chi connectivity index (χ2v) is 6.51. The highest BCUT2D eigenvalue weighted by molar-refractivity contribution is 5.32. The zero-order chi connectivity index (χ0) is 13.8. The minimum absolute atomic E-state index is 0.467. The maximum absolute atomic E-state index is 3.77. The molecule has 1 fully saturated rings. The Morgan fingerprint density at radius 1 is 1.21 bits per heavy atom. The third-order valence-corrected chi connectivity index (χ3v) is 4.88. The summed E-state index contributed by atoms with van der Waals surface area (Å²) in [6, 6.07) is 7.24. The van der Waals surface area contributed by atoms with E-state index in [2.05, 4.69) is 51.2 Å². The molecular weight excluding hydrogens is 230 g/mol. The molecule has 1 aromatic carbocycles. The highest BCUT2D eigenvalue weighted by Gasteiger charge is 2.21. The van der Waals surface area contributed by atoms with Crippen LogP contribution >= 0.6 is 0 Å². The summed E-state index contributed by atoms with van der Waals surface area (Å²) < 4.78 is 0. The molecule has 1 N–H and O–H groups in total. The molecule has 1 saturated carbocycles. The fourth-order valence-electron chi connectivity index (χ4n) is 3.36. The third-order valence-electron chi connectivity index (χ3n) is 4.88. The Morgan fingerprint density at radius 2 is 1.95 bits per heavy atom. The van der Waals surface area contributed by atoms with Crippen LogP contribution in [0.4, 0.5) is 0 Å². The number of nitrogens with one attached hydrogen (secondary N) is 1. The molecule has 0 radical (unpaired) electrons. The molecule has 0 spiro atoms. The standard InChI is InChI=1S/C18H29N/c1-13-9-10-15(3)18(11-13)16(4)19-12-17-8-6-5-7-14(17)2/h9-11,14,16-17,19H,5-8,12H2,1-4H3. The molecule has 1 nitrogen and oxygen atoms in total. The summed E-state index contributed by atoms with van der Waals surface area (Å²) in [7, 11) is 0. The summed E-state index contributed by atoms with van der Waals surface area (Å²) in [6.45, 7) is 10.3. The molecule has 1 aliphatic rings. The molecule has 0 aliphatic heterocycles. The summed E-state index contributed by atoms with van der Waals surface area (Å²) >= 11 is 0. The van der Waals surface area contributed by atoms with Crippen LogP contribution in [0.15, 0.2) is 18.2 Å². The molecular formula is C18H29N. The molecule has 0 aromatic heterocycles. The van der Waals surface area contributed by atoms with Crippen molar-refractivity contribution in [3.05, 3.63) is 34.9 Å². The van der Waals surface area contributed by atoms with Crippen molar-refractivity contribution in [3.63, 3.8) is 0 Å². The Balaban J connectivity index is 1.93. The van der Waals surface area contributed by atoms with Crippen molar-refractivity contribution in [2.75, 3.05) is 6.54 Å². The molecule has 1 aromatic rings. The van der Waals surface area contributed by atoms with Crippen LogP contribution in [0.25, 0.3) is 0 Å². The molecule has 0 bridgehead atoms. The van der Waals surface area contributed by atoms with Gasteiger partial charge in [-0.2, -0.15) is 0 Å². The first kappa shape index (κ1) is 14.6. The van der Waals surface area contributed by atoms with Gasteiger partial charge < -0.3 is 5.32 Å². The molecule has 0 amide bonds. The first-order valence-corrected chi connectivity index (χ1v) is 7.88. The number of benzene rings is 1. The van der Waals surface area contributed by atoms with E-state index in [9.17, 15) is 0 Å². The van der Waals surface area contributed by atoms with Gasteiger partial charge in [0.1, 0.15) is 0 Å². The smallest absolute Gasteiger partial charge is 0.0294 e. The summed E-state index contributed by atoms with van der Waals surface area (Å²) in [5.41, 5.74) is 4.23. The van der Waals surface area contributed by atoms with Gasteiger partial charge in [0.25, 0.3) is 0 Å². The first-order valence-electron chi connectivity index (χ1n) is 7.88. The SMILES string of the molecule is Cc1ccc(C)c(C(C)NCC2CCCCC2C)c1. The van der Waals surface area contributed by atoms with E-state index < -0.39 is 0 Å². The Morgan fingerprint density at radius 3 is 2.68 bits per heavy atom. The van der Waals surface area contributed by atoms with E-state index in [0.717, 1.165) is 11.8 Å². The predicted molar refractivity (Wildman–Crippen MR) is 83.5 cm³/mol. The van der Waals surface area contributed by atoms with Crippen LogP contribution in [0.3, 0.4) is 0 Å². The highest BCUT2D eigenvalue weighted by atomic mass is 14.9. The molecule has 2 rings (SSSR count). The molecule has 19 heavy (non-hydrogen) atoms. The van der Waals surface area contributed by atoms with Crippen LogP contribution < -0.4 is 5.32 Å². The number of hydrogen-bond acceptors (Lipinski definition) is 1. The van der Waals surface area contributed by atoms with Crippen molar-refractivity contribution in [1.29, 1.82) is 0 Å². The van der Waals surface area contributed by atoms with Crippen LogP contribution in [0.1, 0.15) is 62.3 Å². The van der Waals surface area contributed by atoms with Crippen LogP contribution in [0.2, 0.25) is 0 Å². The lowest BCUT2D eigenvalue weighted by molar-refractivity contribution is 0.242. The van der Waals surface area contributed by atoms with Crippen LogP contribution in [-0.4, -0.2) is 6.54 Å². The van der Waals surface area contributed by atoms with Gasteiger partial charge in [-0.05, 0) is 56.7 Å². The van der Waals surface area contributed by atoms with Gasteiger partial charge in [-0.3, -0.25) is 0 Å². The lowest BCUT2D eigenvalue weighted by Crippen LogP contribution is -2.31. The fourth-order valence-corrected chi connectivity index (χ4v) is 3.36. The van der Waals surface area contributed by atoms with Gasteiger partial charge >= 0.3 is 0 Å². The molecule has 0 heterocycles. The maximum Gasteiger partial charge on any atom is 0.0294 e. The summed E-state index contributed by atoms with van der Waals surface area (Å²) in [6.07, 6.45) is 5.69. The molecule has 106 valence electrons. The van der Waals surface area contributed by atoms with Crippen molar-refractivity contribution in [2.45, 2.75) is 59.4 Å². The number of hydrogen-bond donors (Lipinski definition) is 1. The minimum Gasteiger partial charge on any atom is -0.310 e. The largest absolute Gasteiger partial charge is 0.310 e. The molecule has 1 aliphatic carbocycles. The third kappa shape index (κ3) is 3.82. The molecule has 3 atom stereocenters. The fraction of sp³-hybridized carbons (Fsp3) is 0.667. The van der Waals surface area contributed by atoms with Crippen LogP contribution in [0.5, 0.6) is 0 Å². The van der Waals surface area contributed by atoms with Gasteiger partial charge in [0.2, 0.25) is 0 Å². The van der Waals surface area contributed by atoms with Crippen molar-refractivity contribution >= 4 is 0 Å². The first-order chi connectivity index (χ1) is 9.08. The average Bonchev–Trinajstić information content (AvgIpc) is 2.40. The van der Waals surface area contributed by atoms with Crippen LogP contribution in [-0.2, 0) is 0 Å². The quantitative estimate of drug-likeness (QED) is 0.820. The van der Waals surface area contributed by atoms with Gasteiger partial charge in [-0.25, -0.2) is 0 Å². The van der Waals surface area contributed by atoms with E-state index in [1.807, 2.05) is 0 Å². The van der Waals surface area contributed by atoms with Crippen molar-refractivity contribution in [3.8, 4) is 0 Å². The monoisotopic (exact) mass is 259 g/mol. The Labute approximate surface area is 118 Å². The predicted octanol–water partition coefficient (Wildman–Crippen LogP) is 4.78. The zero-order valence-electron chi connectivity index (χ0n) is 13.0. The second-order valence-electron chi connectivity index (χ2n) is 6.51. The van der Waals surface area contributed by atoms with E-state index >= 15 is 0 Å². The van der Waals surface area contributed by atoms with E-state index in [0.29, 0.717) is 6.04 Å². The zero-order valence-corrected chi connectivity index (χ0v) is 13.0. The lowest BCUT2D eigenvalue weighted by atomic mass is 9.80. The number of rotatable bonds is 4. The topological polar surface area (TPSA) is 12.0 Å². The summed E-state index contributed by atoms with van der Waals surface area (Å²) in [5.74, 6) is 1.77. The van der Waals surface area contributed by atoms with E-state index in [1.54, 1.807) is 0 Å². The Bertz CT molecular complexity index is 410. The highest BCUT2D eigenvalue weighted by Crippen LogP contribution is 2.29. The Hall–Kier alpha value is -0.820. The van der Waals surface area contributed by atoms with Gasteiger partial charge in [0.05, 0.1) is 0 Å². The second kappa shape index (κ2) is 6.56. The van der Waals surface area contributed by atoms with Crippen molar-refractivity contribution in [1.82, 2.24) is 5.32 Å². The molecule has 0 saturated heterocycles. The molecule has 1 heteroatoms. The van der Waals surface area contributed by atoms with E-state index in [4.69, 9.17) is 0 Å². The minimum atomic E-state index is 0.467. The van der Waals surface area contributed by atoms with Crippen molar-refractivity contribution < 1.29 is 0 Å². The molecule has 3 unspecified atom stereocenters. The van der Waals surface area contributed by atoms with E-state index in [-0.39, 0.29) is 0 Å². The summed E-state index contributed by atoms with van der Waals surface area (Å²) in [5, 5.41) is 3.77. The Kier molecular flexibility index (Phi) is 5.04. The maximum atomic E-state index is 3.77. The average molecular weight is 259 g/mol. The number of aryl methyl sites for hydroxylation is 2. The van der Waals surface area contributed by atoms with Crippen molar-refractivity contribution in [2.24, 2.45) is 11.8 Å². The van der Waals surface area contributed by atoms with E-state index in [1.165, 1.54) is 48.9 Å². The van der Waals surface area contributed by atoms with Gasteiger partial charge in [0.15, 0.2) is 0 Å². The van der Waals surface area contributed by atoms with Gasteiger partial charge in [-0.1, -0.05) is 49.9 Å². The van der Waals surface area contributed by atoms with Crippen LogP contribution in [0, 0.1) is 25.7 Å². The lowest BCUT2D eigenvalue weighted by Gasteiger charge is -2.30.